The van der Waals surface area contributed by atoms with Gasteiger partial charge in [0.2, 0.25) is 10.0 Å². The van der Waals surface area contributed by atoms with E-state index in [2.05, 4.69) is 0 Å². The molecule has 2 rings (SSSR count). The van der Waals surface area contributed by atoms with Gasteiger partial charge in [0.15, 0.2) is 0 Å². The van der Waals surface area contributed by atoms with Crippen LogP contribution in [0.15, 0.2) is 45.9 Å². The highest BCUT2D eigenvalue weighted by molar-refractivity contribution is 7.89. The van der Waals surface area contributed by atoms with E-state index in [9.17, 15) is 13.2 Å². The van der Waals surface area contributed by atoms with Gasteiger partial charge in [-0.25, -0.2) is 8.42 Å². The van der Waals surface area contributed by atoms with Crippen molar-refractivity contribution in [1.82, 2.24) is 4.31 Å². The number of carboxylic acids is 1. The molecule has 0 radical (unpaired) electrons. The van der Waals surface area contributed by atoms with Crippen LogP contribution in [0.25, 0.3) is 0 Å². The predicted molar refractivity (Wildman–Crippen MR) is 79.9 cm³/mol. The molecule has 0 bridgehead atoms. The predicted octanol–water partition coefficient (Wildman–Crippen LogP) is 2.04. The van der Waals surface area contributed by atoms with E-state index in [0.29, 0.717) is 5.76 Å². The molecule has 1 N–H and O–H groups in total. The average Bonchev–Trinajstić information content (AvgIpc) is 2.84. The van der Waals surface area contributed by atoms with E-state index in [1.54, 1.807) is 25.1 Å². The van der Waals surface area contributed by atoms with Gasteiger partial charge in [-0.3, -0.25) is 4.79 Å². The number of rotatable bonds is 6. The molecular weight excluding hydrogens is 306 g/mol. The fraction of sp³-hybridized carbons (Fsp3) is 0.267. The molecular formula is C15H17NO5S. The summed E-state index contributed by atoms with van der Waals surface area (Å²) in [7, 11) is -2.32. The average molecular weight is 323 g/mol. The van der Waals surface area contributed by atoms with Crippen LogP contribution in [0.5, 0.6) is 0 Å². The quantitative estimate of drug-likeness (QED) is 0.879. The standard InChI is InChI=1S/C15H17NO5S/c1-11-13(7-8-21-11)10-16(2)22(19,20)14-6-4-3-5-12(14)9-15(17)18/h3-8H,9-10H2,1-2H3,(H,17,18). The van der Waals surface area contributed by atoms with Gasteiger partial charge in [-0.05, 0) is 24.6 Å². The van der Waals surface area contributed by atoms with Gasteiger partial charge >= 0.3 is 5.97 Å². The molecule has 0 atom stereocenters. The summed E-state index contributed by atoms with van der Waals surface area (Å²) in [4.78, 5) is 10.9. The molecule has 7 heteroatoms. The minimum absolute atomic E-state index is 0.0149. The van der Waals surface area contributed by atoms with Gasteiger partial charge in [-0.2, -0.15) is 4.31 Å². The molecule has 22 heavy (non-hydrogen) atoms. The molecule has 0 aliphatic carbocycles. The van der Waals surface area contributed by atoms with Crippen LogP contribution < -0.4 is 0 Å². The van der Waals surface area contributed by atoms with Crippen molar-refractivity contribution >= 4 is 16.0 Å². The first-order valence-corrected chi connectivity index (χ1v) is 8.05. The Morgan fingerprint density at radius 1 is 1.23 bits per heavy atom. The zero-order chi connectivity index (χ0) is 16.3. The SMILES string of the molecule is Cc1occc1CN(C)S(=O)(=O)c1ccccc1CC(=O)O. The number of hydrogen-bond donors (Lipinski definition) is 1. The highest BCUT2D eigenvalue weighted by Gasteiger charge is 2.25. The third-order valence-electron chi connectivity index (χ3n) is 3.36. The number of benzene rings is 1. The molecule has 1 heterocycles. The third-order valence-corrected chi connectivity index (χ3v) is 5.27. The fourth-order valence-corrected chi connectivity index (χ4v) is 3.50. The number of sulfonamides is 1. The fourth-order valence-electron chi connectivity index (χ4n) is 2.13. The molecule has 0 aliphatic heterocycles. The van der Waals surface area contributed by atoms with Crippen molar-refractivity contribution in [3.05, 3.63) is 53.5 Å². The lowest BCUT2D eigenvalue weighted by molar-refractivity contribution is -0.136. The van der Waals surface area contributed by atoms with E-state index in [1.807, 2.05) is 0 Å². The summed E-state index contributed by atoms with van der Waals surface area (Å²) in [6.07, 6.45) is 1.16. The summed E-state index contributed by atoms with van der Waals surface area (Å²) < 4.78 is 31.7. The number of carbonyl (C=O) groups is 1. The first-order valence-electron chi connectivity index (χ1n) is 6.61. The summed E-state index contributed by atoms with van der Waals surface area (Å²) in [5.41, 5.74) is 1.03. The molecule has 6 nitrogen and oxygen atoms in total. The Labute approximate surface area is 129 Å². The lowest BCUT2D eigenvalue weighted by Crippen LogP contribution is -2.27. The Morgan fingerprint density at radius 3 is 2.50 bits per heavy atom. The second-order valence-electron chi connectivity index (χ2n) is 4.94. The molecule has 1 aromatic carbocycles. The normalized spacial score (nSPS) is 11.8. The van der Waals surface area contributed by atoms with Gasteiger partial charge in [-0.15, -0.1) is 0 Å². The van der Waals surface area contributed by atoms with Crippen molar-refractivity contribution < 1.29 is 22.7 Å². The van der Waals surface area contributed by atoms with Crippen molar-refractivity contribution in [3.63, 3.8) is 0 Å². The van der Waals surface area contributed by atoms with E-state index in [-0.39, 0.29) is 23.4 Å². The Bertz CT molecular complexity index is 779. The van der Waals surface area contributed by atoms with Gasteiger partial charge in [0.25, 0.3) is 0 Å². The third kappa shape index (κ3) is 3.37. The Hall–Kier alpha value is -2.12. The maximum absolute atomic E-state index is 12.7. The summed E-state index contributed by atoms with van der Waals surface area (Å²) >= 11 is 0. The zero-order valence-electron chi connectivity index (χ0n) is 12.3. The van der Waals surface area contributed by atoms with Crippen LogP contribution in [0.4, 0.5) is 0 Å². The summed E-state index contributed by atoms with van der Waals surface area (Å²) in [6, 6.07) is 7.85. The molecule has 2 aromatic rings. The Morgan fingerprint density at radius 2 is 1.91 bits per heavy atom. The second-order valence-corrected chi connectivity index (χ2v) is 6.95. The van der Waals surface area contributed by atoms with Gasteiger partial charge in [0.1, 0.15) is 5.76 Å². The minimum atomic E-state index is -3.78. The van der Waals surface area contributed by atoms with Crippen molar-refractivity contribution in [2.75, 3.05) is 7.05 Å². The largest absolute Gasteiger partial charge is 0.481 e. The molecule has 0 aliphatic rings. The van der Waals surface area contributed by atoms with Gasteiger partial charge < -0.3 is 9.52 Å². The van der Waals surface area contributed by atoms with Crippen molar-refractivity contribution in [1.29, 1.82) is 0 Å². The van der Waals surface area contributed by atoms with Crippen LogP contribution >= 0.6 is 0 Å². The number of furan rings is 1. The molecule has 0 spiro atoms. The molecule has 0 fully saturated rings. The summed E-state index contributed by atoms with van der Waals surface area (Å²) in [5.74, 6) is -0.420. The van der Waals surface area contributed by atoms with E-state index in [1.165, 1.54) is 29.7 Å². The van der Waals surface area contributed by atoms with Crippen LogP contribution in [0.1, 0.15) is 16.9 Å². The van der Waals surface area contributed by atoms with Gasteiger partial charge in [0, 0.05) is 19.2 Å². The highest BCUT2D eigenvalue weighted by Crippen LogP contribution is 2.22. The van der Waals surface area contributed by atoms with Crippen molar-refractivity contribution in [3.8, 4) is 0 Å². The van der Waals surface area contributed by atoms with Gasteiger partial charge in [-0.1, -0.05) is 18.2 Å². The Kier molecular flexibility index (Phi) is 4.68. The molecule has 1 aromatic heterocycles. The van der Waals surface area contributed by atoms with Crippen molar-refractivity contribution in [2.45, 2.75) is 24.8 Å². The van der Waals surface area contributed by atoms with E-state index >= 15 is 0 Å². The first kappa shape index (κ1) is 16.3. The van der Waals surface area contributed by atoms with Gasteiger partial charge in [0.05, 0.1) is 17.6 Å². The molecule has 0 saturated carbocycles. The van der Waals surface area contributed by atoms with E-state index < -0.39 is 16.0 Å². The first-order chi connectivity index (χ1) is 10.3. The zero-order valence-corrected chi connectivity index (χ0v) is 13.1. The maximum Gasteiger partial charge on any atom is 0.307 e. The molecule has 118 valence electrons. The van der Waals surface area contributed by atoms with E-state index in [4.69, 9.17) is 9.52 Å². The monoisotopic (exact) mass is 323 g/mol. The van der Waals surface area contributed by atoms with Crippen LogP contribution in [0, 0.1) is 6.92 Å². The molecule has 0 unspecified atom stereocenters. The number of carboxylic acid groups (broad SMARTS) is 1. The number of aliphatic carboxylic acids is 1. The van der Waals surface area contributed by atoms with E-state index in [0.717, 1.165) is 5.56 Å². The van der Waals surface area contributed by atoms with Crippen LogP contribution in [0.2, 0.25) is 0 Å². The topological polar surface area (TPSA) is 87.8 Å². The van der Waals surface area contributed by atoms with Crippen LogP contribution in [-0.2, 0) is 27.8 Å². The number of hydrogen-bond acceptors (Lipinski definition) is 4. The number of aryl methyl sites for hydroxylation is 1. The maximum atomic E-state index is 12.7. The number of nitrogens with zero attached hydrogens (tertiary/aromatic N) is 1. The lowest BCUT2D eigenvalue weighted by atomic mass is 10.1. The highest BCUT2D eigenvalue weighted by atomic mass is 32.2. The second kappa shape index (κ2) is 6.33. The molecule has 0 amide bonds. The Balaban J connectivity index is 2.34. The smallest absolute Gasteiger partial charge is 0.307 e. The van der Waals surface area contributed by atoms with Crippen molar-refractivity contribution in [2.24, 2.45) is 0 Å². The summed E-state index contributed by atoms with van der Waals surface area (Å²) in [6.45, 7) is 1.92. The molecule has 0 saturated heterocycles. The van der Waals surface area contributed by atoms with Crippen LogP contribution in [-0.4, -0.2) is 30.8 Å². The summed E-state index contributed by atoms with van der Waals surface area (Å²) in [5, 5.41) is 8.92. The minimum Gasteiger partial charge on any atom is -0.481 e. The lowest BCUT2D eigenvalue weighted by Gasteiger charge is -2.18. The van der Waals surface area contributed by atoms with Crippen LogP contribution in [0.3, 0.4) is 0 Å².